The summed E-state index contributed by atoms with van der Waals surface area (Å²) < 4.78 is 6.07. The Hall–Kier alpha value is -2.19. The Bertz CT molecular complexity index is 928. The van der Waals surface area contributed by atoms with E-state index in [-0.39, 0.29) is 29.2 Å². The number of esters is 1. The van der Waals surface area contributed by atoms with Gasteiger partial charge in [-0.3, -0.25) is 14.2 Å². The molecule has 0 aliphatic carbocycles. The van der Waals surface area contributed by atoms with Gasteiger partial charge in [0.2, 0.25) is 0 Å². The number of ether oxygens (including phenoxy) is 1. The number of nitrogens with zero attached hydrogens (tertiary/aromatic N) is 2. The Morgan fingerprint density at radius 1 is 1.33 bits per heavy atom. The molecule has 0 fully saturated rings. The first kappa shape index (κ1) is 21.1. The van der Waals surface area contributed by atoms with Gasteiger partial charge in [0.05, 0.1) is 42.0 Å². The Morgan fingerprint density at radius 3 is 2.56 bits per heavy atom. The van der Waals surface area contributed by atoms with Crippen molar-refractivity contribution in [1.82, 2.24) is 9.55 Å². The lowest BCUT2D eigenvalue weighted by Gasteiger charge is -2.18. The predicted molar refractivity (Wildman–Crippen MR) is 104 cm³/mol. The molecule has 0 spiro atoms. The zero-order valence-electron chi connectivity index (χ0n) is 16.1. The molecule has 1 N–H and O–H groups in total. The minimum absolute atomic E-state index is 0.0220. The average molecular weight is 392 g/mol. The number of aromatic nitrogens is 2. The maximum atomic E-state index is 12.9. The topological polar surface area (TPSA) is 98.5 Å². The number of aliphatic hydroxyl groups is 1. The van der Waals surface area contributed by atoms with Gasteiger partial charge in [-0.25, -0.2) is 9.78 Å². The predicted octanol–water partition coefficient (Wildman–Crippen LogP) is 2.27. The highest BCUT2D eigenvalue weighted by Gasteiger charge is 2.23. The summed E-state index contributed by atoms with van der Waals surface area (Å²) in [7, 11) is 1.28. The van der Waals surface area contributed by atoms with Gasteiger partial charge in [-0.05, 0) is 25.1 Å². The first-order valence-corrected chi connectivity index (χ1v) is 9.50. The van der Waals surface area contributed by atoms with E-state index in [1.165, 1.54) is 29.9 Å². The van der Waals surface area contributed by atoms with Gasteiger partial charge >= 0.3 is 5.97 Å². The summed E-state index contributed by atoms with van der Waals surface area (Å²) in [5, 5.41) is 10.4. The molecule has 0 aliphatic rings. The van der Waals surface area contributed by atoms with Gasteiger partial charge in [0.25, 0.3) is 5.56 Å². The Labute approximate surface area is 161 Å². The molecule has 0 radical (unpaired) electrons. The van der Waals surface area contributed by atoms with Crippen LogP contribution in [-0.2, 0) is 16.1 Å². The Kier molecular flexibility index (Phi) is 6.43. The molecule has 7 nitrogen and oxygen atoms in total. The van der Waals surface area contributed by atoms with Crippen LogP contribution >= 0.6 is 11.8 Å². The molecule has 0 bridgehead atoms. The van der Waals surface area contributed by atoms with Crippen LogP contribution in [0.4, 0.5) is 0 Å². The van der Waals surface area contributed by atoms with Crippen LogP contribution < -0.4 is 5.56 Å². The Balaban J connectivity index is 2.55. The zero-order valence-corrected chi connectivity index (χ0v) is 16.9. The summed E-state index contributed by atoms with van der Waals surface area (Å²) in [4.78, 5) is 41.4. The fourth-order valence-corrected chi connectivity index (χ4v) is 3.50. The van der Waals surface area contributed by atoms with Crippen LogP contribution in [-0.4, -0.2) is 45.4 Å². The summed E-state index contributed by atoms with van der Waals surface area (Å²) in [6.07, 6.45) is -0.756. The first-order chi connectivity index (χ1) is 12.5. The van der Waals surface area contributed by atoms with Gasteiger partial charge in [0.1, 0.15) is 5.78 Å². The third-order valence-corrected chi connectivity index (χ3v) is 4.93. The molecule has 1 heterocycles. The van der Waals surface area contributed by atoms with Crippen LogP contribution in [0.2, 0.25) is 0 Å². The number of fused-ring (bicyclic) bond motifs is 1. The molecule has 0 amide bonds. The first-order valence-electron chi connectivity index (χ1n) is 8.51. The molecule has 0 saturated carbocycles. The SMILES string of the molecule is COC(=O)c1ccc2c(=O)n(C[C@@H](C)O)c(SCC(=O)C(C)(C)C)nc2c1. The largest absolute Gasteiger partial charge is 0.465 e. The highest BCUT2D eigenvalue weighted by atomic mass is 32.2. The van der Waals surface area contributed by atoms with Crippen LogP contribution in [0.25, 0.3) is 10.9 Å². The van der Waals surface area contributed by atoms with E-state index in [0.29, 0.717) is 16.1 Å². The van der Waals surface area contributed by atoms with Crippen molar-refractivity contribution in [1.29, 1.82) is 0 Å². The van der Waals surface area contributed by atoms with E-state index in [1.807, 2.05) is 20.8 Å². The van der Waals surface area contributed by atoms with Crippen LogP contribution in [0, 0.1) is 5.41 Å². The number of carbonyl (C=O) groups is 2. The number of benzene rings is 1. The van der Waals surface area contributed by atoms with Gasteiger partial charge < -0.3 is 9.84 Å². The smallest absolute Gasteiger partial charge is 0.337 e. The van der Waals surface area contributed by atoms with Crippen molar-refractivity contribution in [3.8, 4) is 0 Å². The molecule has 1 aromatic carbocycles. The van der Waals surface area contributed by atoms with Gasteiger partial charge in [0, 0.05) is 5.41 Å². The van der Waals surface area contributed by atoms with E-state index in [4.69, 9.17) is 4.74 Å². The molecule has 0 aliphatic heterocycles. The lowest BCUT2D eigenvalue weighted by molar-refractivity contribution is -0.123. The average Bonchev–Trinajstić information content (AvgIpc) is 2.60. The number of methoxy groups -OCH3 is 1. The summed E-state index contributed by atoms with van der Waals surface area (Å²) in [6.45, 7) is 7.12. The van der Waals surface area contributed by atoms with E-state index in [0.717, 1.165) is 11.8 Å². The maximum absolute atomic E-state index is 12.9. The lowest BCUT2D eigenvalue weighted by atomic mass is 9.92. The third-order valence-electron chi connectivity index (χ3n) is 3.96. The molecule has 0 unspecified atom stereocenters. The van der Waals surface area contributed by atoms with E-state index in [1.54, 1.807) is 6.92 Å². The van der Waals surface area contributed by atoms with Gasteiger partial charge in [0.15, 0.2) is 5.16 Å². The number of aliphatic hydroxyl groups excluding tert-OH is 1. The fourth-order valence-electron chi connectivity index (χ4n) is 2.33. The molecule has 0 saturated heterocycles. The number of carbonyl (C=O) groups excluding carboxylic acids is 2. The molecule has 27 heavy (non-hydrogen) atoms. The van der Waals surface area contributed by atoms with Gasteiger partial charge in [-0.1, -0.05) is 32.5 Å². The molecule has 8 heteroatoms. The number of rotatable bonds is 6. The number of thioether (sulfide) groups is 1. The summed E-state index contributed by atoms with van der Waals surface area (Å²) in [5.74, 6) is -0.351. The molecule has 1 aromatic heterocycles. The highest BCUT2D eigenvalue weighted by molar-refractivity contribution is 7.99. The fraction of sp³-hybridized carbons (Fsp3) is 0.474. The quantitative estimate of drug-likeness (QED) is 0.457. The molecule has 146 valence electrons. The van der Waals surface area contributed by atoms with Gasteiger partial charge in [-0.2, -0.15) is 0 Å². The van der Waals surface area contributed by atoms with Crippen molar-refractivity contribution >= 4 is 34.4 Å². The van der Waals surface area contributed by atoms with E-state index >= 15 is 0 Å². The Morgan fingerprint density at radius 2 is 2.00 bits per heavy atom. The number of Topliss-reactive ketones (excluding diaryl/α,β-unsaturated/α-hetero) is 1. The number of hydrogen-bond donors (Lipinski definition) is 1. The standard InChI is InChI=1S/C19H24N2O5S/c1-11(22)9-21-16(24)13-7-6-12(17(25)26-5)8-14(13)20-18(21)27-10-15(23)19(2,3)4/h6-8,11,22H,9-10H2,1-5H3/t11-/m1/s1. The van der Waals surface area contributed by atoms with E-state index in [9.17, 15) is 19.5 Å². The minimum Gasteiger partial charge on any atom is -0.465 e. The number of ketones is 1. The normalized spacial score (nSPS) is 12.8. The summed E-state index contributed by atoms with van der Waals surface area (Å²) >= 11 is 1.15. The van der Waals surface area contributed by atoms with Gasteiger partial charge in [-0.15, -0.1) is 0 Å². The molecular formula is C19H24N2O5S. The van der Waals surface area contributed by atoms with Crippen molar-refractivity contribution in [2.75, 3.05) is 12.9 Å². The second-order valence-electron chi connectivity index (χ2n) is 7.34. The lowest BCUT2D eigenvalue weighted by Crippen LogP contribution is -2.29. The molecule has 1 atom stereocenters. The minimum atomic E-state index is -0.756. The third kappa shape index (κ3) is 4.95. The van der Waals surface area contributed by atoms with Crippen molar-refractivity contribution < 1.29 is 19.4 Å². The summed E-state index contributed by atoms with van der Waals surface area (Å²) in [6, 6.07) is 4.51. The van der Waals surface area contributed by atoms with Crippen molar-refractivity contribution in [3.05, 3.63) is 34.1 Å². The zero-order chi connectivity index (χ0) is 20.4. The monoisotopic (exact) mass is 392 g/mol. The second kappa shape index (κ2) is 8.22. The van der Waals surface area contributed by atoms with Crippen molar-refractivity contribution in [2.45, 2.75) is 45.5 Å². The summed E-state index contributed by atoms with van der Waals surface area (Å²) in [5.41, 5.74) is -0.206. The van der Waals surface area contributed by atoms with Crippen LogP contribution in [0.5, 0.6) is 0 Å². The number of hydrogen-bond acceptors (Lipinski definition) is 7. The van der Waals surface area contributed by atoms with Crippen LogP contribution in [0.15, 0.2) is 28.2 Å². The molecule has 2 aromatic rings. The second-order valence-corrected chi connectivity index (χ2v) is 8.29. The van der Waals surface area contributed by atoms with Crippen molar-refractivity contribution in [3.63, 3.8) is 0 Å². The maximum Gasteiger partial charge on any atom is 0.337 e. The highest BCUT2D eigenvalue weighted by Crippen LogP contribution is 2.23. The molecule has 2 rings (SSSR count). The van der Waals surface area contributed by atoms with Crippen molar-refractivity contribution in [2.24, 2.45) is 5.41 Å². The van der Waals surface area contributed by atoms with Crippen LogP contribution in [0.1, 0.15) is 38.1 Å². The van der Waals surface area contributed by atoms with E-state index in [2.05, 4.69) is 4.98 Å². The van der Waals surface area contributed by atoms with E-state index < -0.39 is 17.5 Å². The van der Waals surface area contributed by atoms with Crippen LogP contribution in [0.3, 0.4) is 0 Å². The molecular weight excluding hydrogens is 368 g/mol.